The van der Waals surface area contributed by atoms with Gasteiger partial charge in [-0.05, 0) is 12.1 Å². The van der Waals surface area contributed by atoms with E-state index >= 15 is 0 Å². The van der Waals surface area contributed by atoms with Crippen molar-refractivity contribution in [1.82, 2.24) is 9.97 Å². The molecule has 0 radical (unpaired) electrons. The van der Waals surface area contributed by atoms with Crippen molar-refractivity contribution in [1.29, 1.82) is 0 Å². The average molecular weight is 323 g/mol. The van der Waals surface area contributed by atoms with Gasteiger partial charge in [-0.25, -0.2) is 14.4 Å². The molecule has 1 aromatic heterocycles. The lowest BCUT2D eigenvalue weighted by atomic mass is 10.3. The number of halogens is 2. The van der Waals surface area contributed by atoms with E-state index in [9.17, 15) is 4.39 Å². The molecule has 1 aromatic carbocycles. The van der Waals surface area contributed by atoms with E-state index in [4.69, 9.17) is 16.3 Å². The summed E-state index contributed by atoms with van der Waals surface area (Å²) in [6.45, 7) is 1.46. The number of hydrogen-bond acceptors (Lipinski definition) is 5. The van der Waals surface area contributed by atoms with Crippen LogP contribution in [0.5, 0.6) is 5.75 Å². The smallest absolute Gasteiger partial charge is 0.157 e. The zero-order chi connectivity index (χ0) is 15.5. The summed E-state index contributed by atoms with van der Waals surface area (Å²) in [4.78, 5) is 10.4. The molecule has 1 unspecified atom stereocenters. The Balaban J connectivity index is 1.71. The number of nitrogens with one attached hydrogen (secondary N) is 1. The molecule has 1 atom stereocenters. The summed E-state index contributed by atoms with van der Waals surface area (Å²) in [5.41, 5.74) is 0.704. The van der Waals surface area contributed by atoms with Crippen molar-refractivity contribution in [2.75, 3.05) is 30.4 Å². The molecule has 1 aliphatic rings. The van der Waals surface area contributed by atoms with Gasteiger partial charge in [0, 0.05) is 26.1 Å². The van der Waals surface area contributed by atoms with Crippen LogP contribution in [0.4, 0.5) is 15.9 Å². The molecule has 1 aliphatic heterocycles. The van der Waals surface area contributed by atoms with E-state index in [1.165, 1.54) is 18.5 Å². The van der Waals surface area contributed by atoms with Crippen molar-refractivity contribution in [2.45, 2.75) is 12.5 Å². The molecule has 116 valence electrons. The third kappa shape index (κ3) is 3.06. The Morgan fingerprint density at radius 3 is 3.05 bits per heavy atom. The van der Waals surface area contributed by atoms with Crippen molar-refractivity contribution in [3.63, 3.8) is 0 Å². The summed E-state index contributed by atoms with van der Waals surface area (Å²) >= 11 is 6.08. The van der Waals surface area contributed by atoms with E-state index in [-0.39, 0.29) is 11.9 Å². The fourth-order valence-electron chi connectivity index (χ4n) is 2.56. The fourth-order valence-corrected chi connectivity index (χ4v) is 2.78. The van der Waals surface area contributed by atoms with E-state index in [0.29, 0.717) is 23.1 Å². The van der Waals surface area contributed by atoms with Gasteiger partial charge < -0.3 is 15.0 Å². The standard InChI is InChI=1S/C15H16ClFN4O/c1-18-13-14(16)19-9-20-15(13)21-6-5-12(8-21)22-11-4-2-3-10(17)7-11/h2-4,7,9,12,18H,5-6,8H2,1H3. The van der Waals surface area contributed by atoms with Gasteiger partial charge in [0.1, 0.15) is 29.7 Å². The first-order valence-corrected chi connectivity index (χ1v) is 7.40. The second-order valence-electron chi connectivity index (χ2n) is 5.05. The predicted molar refractivity (Wildman–Crippen MR) is 84.2 cm³/mol. The molecule has 0 spiro atoms. The number of benzene rings is 1. The highest BCUT2D eigenvalue weighted by molar-refractivity contribution is 6.32. The minimum atomic E-state index is -0.299. The SMILES string of the molecule is CNc1c(Cl)ncnc1N1CCC(Oc2cccc(F)c2)C1. The van der Waals surface area contributed by atoms with Crippen LogP contribution in [-0.2, 0) is 0 Å². The molecular formula is C15H16ClFN4O. The maximum atomic E-state index is 13.2. The second-order valence-corrected chi connectivity index (χ2v) is 5.40. The molecular weight excluding hydrogens is 307 g/mol. The normalized spacial score (nSPS) is 17.6. The molecule has 7 heteroatoms. The van der Waals surface area contributed by atoms with E-state index in [0.717, 1.165) is 18.8 Å². The summed E-state index contributed by atoms with van der Waals surface area (Å²) in [6, 6.07) is 6.19. The van der Waals surface area contributed by atoms with Crippen molar-refractivity contribution >= 4 is 23.1 Å². The Morgan fingerprint density at radius 1 is 1.41 bits per heavy atom. The number of aromatic nitrogens is 2. The van der Waals surface area contributed by atoms with Crippen molar-refractivity contribution in [3.05, 3.63) is 41.6 Å². The van der Waals surface area contributed by atoms with Crippen LogP contribution >= 0.6 is 11.6 Å². The van der Waals surface area contributed by atoms with Gasteiger partial charge in [-0.1, -0.05) is 17.7 Å². The Bertz CT molecular complexity index is 670. The first kappa shape index (κ1) is 14.8. The molecule has 1 saturated heterocycles. The maximum absolute atomic E-state index is 13.2. The first-order valence-electron chi connectivity index (χ1n) is 7.03. The Kier molecular flexibility index (Phi) is 4.29. The third-order valence-electron chi connectivity index (χ3n) is 3.57. The van der Waals surface area contributed by atoms with Gasteiger partial charge in [-0.15, -0.1) is 0 Å². The summed E-state index contributed by atoms with van der Waals surface area (Å²) < 4.78 is 19.0. The quantitative estimate of drug-likeness (QED) is 0.877. The number of hydrogen-bond donors (Lipinski definition) is 1. The van der Waals surface area contributed by atoms with Crippen LogP contribution < -0.4 is 15.0 Å². The van der Waals surface area contributed by atoms with E-state index in [2.05, 4.69) is 20.2 Å². The van der Waals surface area contributed by atoms with Crippen LogP contribution in [0, 0.1) is 5.82 Å². The molecule has 1 N–H and O–H groups in total. The maximum Gasteiger partial charge on any atom is 0.157 e. The van der Waals surface area contributed by atoms with Gasteiger partial charge in [-0.2, -0.15) is 0 Å². The largest absolute Gasteiger partial charge is 0.488 e. The van der Waals surface area contributed by atoms with Crippen molar-refractivity contribution < 1.29 is 9.13 Å². The average Bonchev–Trinajstić information content (AvgIpc) is 2.95. The van der Waals surface area contributed by atoms with Crippen molar-refractivity contribution in [2.24, 2.45) is 0 Å². The van der Waals surface area contributed by atoms with E-state index < -0.39 is 0 Å². The Hall–Kier alpha value is -2.08. The Morgan fingerprint density at radius 2 is 2.27 bits per heavy atom. The predicted octanol–water partition coefficient (Wildman–Crippen LogP) is 2.97. The summed E-state index contributed by atoms with van der Waals surface area (Å²) in [5, 5.41) is 3.41. The van der Waals surface area contributed by atoms with Gasteiger partial charge in [0.25, 0.3) is 0 Å². The summed E-state index contributed by atoms with van der Waals surface area (Å²) in [6.07, 6.45) is 2.26. The lowest BCUT2D eigenvalue weighted by Gasteiger charge is -2.20. The highest BCUT2D eigenvalue weighted by atomic mass is 35.5. The van der Waals surface area contributed by atoms with Gasteiger partial charge in [0.15, 0.2) is 11.0 Å². The molecule has 2 aromatic rings. The van der Waals surface area contributed by atoms with Gasteiger partial charge >= 0.3 is 0 Å². The first-order chi connectivity index (χ1) is 10.7. The van der Waals surface area contributed by atoms with E-state index in [1.807, 2.05) is 0 Å². The lowest BCUT2D eigenvalue weighted by molar-refractivity contribution is 0.224. The lowest BCUT2D eigenvalue weighted by Crippen LogP contribution is -2.26. The molecule has 22 heavy (non-hydrogen) atoms. The molecule has 0 aliphatic carbocycles. The monoisotopic (exact) mass is 322 g/mol. The van der Waals surface area contributed by atoms with Crippen LogP contribution in [0.15, 0.2) is 30.6 Å². The van der Waals surface area contributed by atoms with Gasteiger partial charge in [0.2, 0.25) is 0 Å². The minimum absolute atomic E-state index is 0.0137. The fraction of sp³-hybridized carbons (Fsp3) is 0.333. The zero-order valence-corrected chi connectivity index (χ0v) is 12.8. The summed E-state index contributed by atoms with van der Waals surface area (Å²) in [7, 11) is 1.78. The van der Waals surface area contributed by atoms with Crippen LogP contribution in [0.2, 0.25) is 5.15 Å². The molecule has 3 rings (SSSR count). The molecule has 5 nitrogen and oxygen atoms in total. The topological polar surface area (TPSA) is 50.3 Å². The highest BCUT2D eigenvalue weighted by Gasteiger charge is 2.27. The molecule has 0 amide bonds. The van der Waals surface area contributed by atoms with Crippen LogP contribution in [-0.4, -0.2) is 36.2 Å². The number of rotatable bonds is 4. The van der Waals surface area contributed by atoms with Gasteiger partial charge in [-0.3, -0.25) is 0 Å². The Labute approximate surface area is 133 Å². The minimum Gasteiger partial charge on any atom is -0.488 e. The molecule has 0 bridgehead atoms. The number of ether oxygens (including phenoxy) is 1. The summed E-state index contributed by atoms with van der Waals surface area (Å²) in [5.74, 6) is 1.00. The molecule has 1 fully saturated rings. The zero-order valence-electron chi connectivity index (χ0n) is 12.1. The highest BCUT2D eigenvalue weighted by Crippen LogP contribution is 2.31. The van der Waals surface area contributed by atoms with E-state index in [1.54, 1.807) is 19.2 Å². The number of anilines is 2. The van der Waals surface area contributed by atoms with Crippen molar-refractivity contribution in [3.8, 4) is 5.75 Å². The molecule has 0 saturated carbocycles. The number of nitrogens with zero attached hydrogens (tertiary/aromatic N) is 3. The van der Waals surface area contributed by atoms with Crippen LogP contribution in [0.3, 0.4) is 0 Å². The van der Waals surface area contributed by atoms with Crippen LogP contribution in [0.1, 0.15) is 6.42 Å². The van der Waals surface area contributed by atoms with Crippen LogP contribution in [0.25, 0.3) is 0 Å². The third-order valence-corrected chi connectivity index (χ3v) is 3.86. The van der Waals surface area contributed by atoms with Gasteiger partial charge in [0.05, 0.1) is 6.54 Å². The molecule has 2 heterocycles. The second kappa shape index (κ2) is 6.36.